The largest absolute Gasteiger partial charge is 0.497 e. The average molecular weight is 325 g/mol. The van der Waals surface area contributed by atoms with Gasteiger partial charge in [0.05, 0.1) is 7.11 Å². The van der Waals surface area contributed by atoms with Crippen LogP contribution in [0.3, 0.4) is 0 Å². The minimum absolute atomic E-state index is 0.799. The monoisotopic (exact) mass is 324 g/mol. The lowest BCUT2D eigenvalue weighted by Gasteiger charge is -2.08. The SMILES string of the molecule is C=C(Br)CSc1nccn1-c1ccc(OC)cc1. The molecular weight excluding hydrogens is 312 g/mol. The summed E-state index contributed by atoms with van der Waals surface area (Å²) in [6.45, 7) is 3.82. The third-order valence-electron chi connectivity index (χ3n) is 2.32. The molecule has 0 spiro atoms. The predicted molar refractivity (Wildman–Crippen MR) is 78.9 cm³/mol. The Hall–Kier alpha value is -1.20. The second kappa shape index (κ2) is 6.11. The summed E-state index contributed by atoms with van der Waals surface area (Å²) >= 11 is 4.99. The van der Waals surface area contributed by atoms with Crippen molar-refractivity contribution in [2.45, 2.75) is 5.16 Å². The van der Waals surface area contributed by atoms with Crippen molar-refractivity contribution in [2.75, 3.05) is 12.9 Å². The van der Waals surface area contributed by atoms with Crippen LogP contribution >= 0.6 is 27.7 Å². The topological polar surface area (TPSA) is 27.1 Å². The van der Waals surface area contributed by atoms with Crippen molar-refractivity contribution in [1.82, 2.24) is 9.55 Å². The van der Waals surface area contributed by atoms with Crippen molar-refractivity contribution < 1.29 is 4.74 Å². The number of halogens is 1. The summed E-state index contributed by atoms with van der Waals surface area (Å²) in [5.41, 5.74) is 1.07. The molecule has 0 fully saturated rings. The van der Waals surface area contributed by atoms with E-state index in [1.54, 1.807) is 25.1 Å². The van der Waals surface area contributed by atoms with Crippen LogP contribution in [0.1, 0.15) is 0 Å². The normalized spacial score (nSPS) is 10.3. The first-order valence-corrected chi connectivity index (χ1v) is 7.12. The Morgan fingerprint density at radius 1 is 1.44 bits per heavy atom. The predicted octanol–water partition coefficient (Wildman–Crippen LogP) is 3.88. The molecule has 0 unspecified atom stereocenters. The molecule has 2 rings (SSSR count). The number of methoxy groups -OCH3 is 1. The van der Waals surface area contributed by atoms with Gasteiger partial charge in [-0.1, -0.05) is 34.3 Å². The zero-order valence-corrected chi connectivity index (χ0v) is 12.4. The first-order chi connectivity index (χ1) is 8.70. The molecule has 0 atom stereocenters. The van der Waals surface area contributed by atoms with E-state index in [0.717, 1.165) is 26.8 Å². The minimum Gasteiger partial charge on any atom is -0.497 e. The van der Waals surface area contributed by atoms with Crippen LogP contribution in [-0.2, 0) is 0 Å². The van der Waals surface area contributed by atoms with E-state index < -0.39 is 0 Å². The van der Waals surface area contributed by atoms with E-state index >= 15 is 0 Å². The highest BCUT2D eigenvalue weighted by atomic mass is 79.9. The first-order valence-electron chi connectivity index (χ1n) is 5.34. The van der Waals surface area contributed by atoms with Gasteiger partial charge in [-0.2, -0.15) is 0 Å². The molecule has 0 N–H and O–H groups in total. The number of hydrogen-bond donors (Lipinski definition) is 0. The van der Waals surface area contributed by atoms with Gasteiger partial charge in [-0.05, 0) is 28.7 Å². The van der Waals surface area contributed by atoms with Gasteiger partial charge in [0.25, 0.3) is 0 Å². The molecule has 0 saturated heterocycles. The fourth-order valence-electron chi connectivity index (χ4n) is 1.48. The van der Waals surface area contributed by atoms with E-state index in [4.69, 9.17) is 4.74 Å². The summed E-state index contributed by atoms with van der Waals surface area (Å²) < 4.78 is 8.14. The molecule has 0 aliphatic rings. The molecule has 5 heteroatoms. The van der Waals surface area contributed by atoms with Gasteiger partial charge < -0.3 is 4.74 Å². The van der Waals surface area contributed by atoms with Crippen LogP contribution in [0.4, 0.5) is 0 Å². The Labute approximate surface area is 119 Å². The zero-order valence-electron chi connectivity index (χ0n) is 9.97. The Morgan fingerprint density at radius 3 is 2.78 bits per heavy atom. The molecule has 2 aromatic rings. The summed E-state index contributed by atoms with van der Waals surface area (Å²) in [7, 11) is 1.66. The van der Waals surface area contributed by atoms with Crippen molar-refractivity contribution in [3.05, 3.63) is 47.7 Å². The number of benzene rings is 1. The van der Waals surface area contributed by atoms with Crippen molar-refractivity contribution >= 4 is 27.7 Å². The average Bonchev–Trinajstić information content (AvgIpc) is 2.85. The molecule has 1 aromatic carbocycles. The van der Waals surface area contributed by atoms with E-state index in [0.29, 0.717) is 0 Å². The summed E-state index contributed by atoms with van der Waals surface area (Å²) in [5.74, 6) is 1.65. The lowest BCUT2D eigenvalue weighted by Crippen LogP contribution is -1.95. The van der Waals surface area contributed by atoms with E-state index in [-0.39, 0.29) is 0 Å². The fourth-order valence-corrected chi connectivity index (χ4v) is 2.55. The number of rotatable bonds is 5. The van der Waals surface area contributed by atoms with Gasteiger partial charge >= 0.3 is 0 Å². The number of imidazole rings is 1. The van der Waals surface area contributed by atoms with E-state index in [9.17, 15) is 0 Å². The van der Waals surface area contributed by atoms with Crippen LogP contribution in [0.2, 0.25) is 0 Å². The molecule has 0 amide bonds. The molecule has 0 radical (unpaired) electrons. The molecular formula is C13H13BrN2OS. The molecule has 0 aliphatic heterocycles. The van der Waals surface area contributed by atoms with Gasteiger partial charge in [-0.25, -0.2) is 4.98 Å². The van der Waals surface area contributed by atoms with Gasteiger partial charge in [0.15, 0.2) is 5.16 Å². The maximum absolute atomic E-state index is 5.15. The van der Waals surface area contributed by atoms with Crippen molar-refractivity contribution in [1.29, 1.82) is 0 Å². The minimum atomic E-state index is 0.799. The van der Waals surface area contributed by atoms with Crippen LogP contribution in [-0.4, -0.2) is 22.4 Å². The highest BCUT2D eigenvalue weighted by Crippen LogP contribution is 2.24. The standard InChI is InChI=1S/C13H13BrN2OS/c1-10(14)9-18-13-15-7-8-16(13)11-3-5-12(17-2)6-4-11/h3-8H,1,9H2,2H3. The van der Waals surface area contributed by atoms with Crippen molar-refractivity contribution in [3.8, 4) is 11.4 Å². The second-order valence-electron chi connectivity index (χ2n) is 3.58. The van der Waals surface area contributed by atoms with Gasteiger partial charge in [-0.3, -0.25) is 4.57 Å². The third kappa shape index (κ3) is 3.17. The number of aromatic nitrogens is 2. The molecule has 1 heterocycles. The van der Waals surface area contributed by atoms with Gasteiger partial charge in [-0.15, -0.1) is 0 Å². The van der Waals surface area contributed by atoms with E-state index in [1.807, 2.05) is 35.0 Å². The Bertz CT molecular complexity index is 536. The van der Waals surface area contributed by atoms with E-state index in [1.165, 1.54) is 0 Å². The van der Waals surface area contributed by atoms with Crippen LogP contribution in [0, 0.1) is 0 Å². The lowest BCUT2D eigenvalue weighted by atomic mass is 10.3. The van der Waals surface area contributed by atoms with Crippen LogP contribution < -0.4 is 4.74 Å². The van der Waals surface area contributed by atoms with Gasteiger partial charge in [0.2, 0.25) is 0 Å². The van der Waals surface area contributed by atoms with Crippen molar-refractivity contribution in [2.24, 2.45) is 0 Å². The number of hydrogen-bond acceptors (Lipinski definition) is 3. The Balaban J connectivity index is 2.21. The molecule has 0 bridgehead atoms. The summed E-state index contributed by atoms with van der Waals surface area (Å²) in [6.07, 6.45) is 3.74. The van der Waals surface area contributed by atoms with Crippen molar-refractivity contribution in [3.63, 3.8) is 0 Å². The lowest BCUT2D eigenvalue weighted by molar-refractivity contribution is 0.414. The quantitative estimate of drug-likeness (QED) is 0.781. The number of ether oxygens (including phenoxy) is 1. The molecule has 1 aromatic heterocycles. The molecule has 3 nitrogen and oxygen atoms in total. The number of thioether (sulfide) groups is 1. The summed E-state index contributed by atoms with van der Waals surface area (Å²) in [5, 5.41) is 0.945. The van der Waals surface area contributed by atoms with Crippen LogP contribution in [0.5, 0.6) is 5.75 Å². The highest BCUT2D eigenvalue weighted by Gasteiger charge is 2.06. The first kappa shape index (κ1) is 13.2. The highest BCUT2D eigenvalue weighted by molar-refractivity contribution is 9.11. The summed E-state index contributed by atoms with van der Waals surface area (Å²) in [4.78, 5) is 4.34. The van der Waals surface area contributed by atoms with Gasteiger partial charge in [0, 0.05) is 23.8 Å². The van der Waals surface area contributed by atoms with E-state index in [2.05, 4.69) is 27.5 Å². The smallest absolute Gasteiger partial charge is 0.172 e. The molecule has 94 valence electrons. The molecule has 0 saturated carbocycles. The number of nitrogens with zero attached hydrogens (tertiary/aromatic N) is 2. The second-order valence-corrected chi connectivity index (χ2v) is 5.65. The Kier molecular flexibility index (Phi) is 4.49. The van der Waals surface area contributed by atoms with Gasteiger partial charge in [0.1, 0.15) is 5.75 Å². The van der Waals surface area contributed by atoms with Crippen LogP contribution in [0.25, 0.3) is 5.69 Å². The fraction of sp³-hybridized carbons (Fsp3) is 0.154. The summed E-state index contributed by atoms with van der Waals surface area (Å²) in [6, 6.07) is 7.89. The Morgan fingerprint density at radius 2 is 2.17 bits per heavy atom. The molecule has 18 heavy (non-hydrogen) atoms. The van der Waals surface area contributed by atoms with Crippen LogP contribution in [0.15, 0.2) is 52.9 Å². The zero-order chi connectivity index (χ0) is 13.0. The third-order valence-corrected chi connectivity index (χ3v) is 4.02. The molecule has 0 aliphatic carbocycles. The maximum Gasteiger partial charge on any atom is 0.172 e. The maximum atomic E-state index is 5.15.